The Bertz CT molecular complexity index is 389. The molecule has 0 heterocycles. The minimum Gasteiger partial charge on any atom is -0.480 e. The Morgan fingerprint density at radius 2 is 1.87 bits per heavy atom. The van der Waals surface area contributed by atoms with Crippen molar-refractivity contribution < 1.29 is 19.8 Å². The van der Waals surface area contributed by atoms with E-state index in [4.69, 9.17) is 10.2 Å². The molecule has 0 saturated carbocycles. The van der Waals surface area contributed by atoms with Crippen molar-refractivity contribution in [2.75, 3.05) is 5.32 Å². The number of carboxylic acids is 2. The van der Waals surface area contributed by atoms with Crippen LogP contribution in [-0.2, 0) is 4.79 Å². The van der Waals surface area contributed by atoms with Gasteiger partial charge >= 0.3 is 11.9 Å². The highest BCUT2D eigenvalue weighted by Crippen LogP contribution is 2.15. The first-order valence-corrected chi connectivity index (χ1v) is 4.34. The molecule has 5 nitrogen and oxygen atoms in total. The maximum Gasteiger partial charge on any atom is 0.337 e. The molecule has 3 N–H and O–H groups in total. The molecule has 5 heteroatoms. The Morgan fingerprint density at radius 1 is 1.27 bits per heavy atom. The first-order valence-electron chi connectivity index (χ1n) is 4.34. The molecule has 0 bridgehead atoms. The molecule has 15 heavy (non-hydrogen) atoms. The standard InChI is InChI=1S/C10H11NO4/c1-6(9(12)13)11-8-5-3-2-4-7(8)10(14)15/h2-6,11H,1H3,(H,12,13)(H,14,15). The molecule has 0 aliphatic carbocycles. The van der Waals surface area contributed by atoms with Crippen molar-refractivity contribution in [2.24, 2.45) is 0 Å². The van der Waals surface area contributed by atoms with Crippen molar-refractivity contribution >= 4 is 17.6 Å². The fourth-order valence-corrected chi connectivity index (χ4v) is 1.09. The van der Waals surface area contributed by atoms with Crippen molar-refractivity contribution in [3.63, 3.8) is 0 Å². The van der Waals surface area contributed by atoms with Crippen LogP contribution in [0.25, 0.3) is 0 Å². The molecular formula is C10H11NO4. The van der Waals surface area contributed by atoms with Crippen LogP contribution in [-0.4, -0.2) is 28.2 Å². The lowest BCUT2D eigenvalue weighted by Crippen LogP contribution is -2.26. The van der Waals surface area contributed by atoms with Crippen molar-refractivity contribution in [2.45, 2.75) is 13.0 Å². The second-order valence-corrected chi connectivity index (χ2v) is 3.05. The van der Waals surface area contributed by atoms with Gasteiger partial charge in [0, 0.05) is 5.69 Å². The van der Waals surface area contributed by atoms with Gasteiger partial charge in [0.05, 0.1) is 5.56 Å². The maximum atomic E-state index is 10.8. The van der Waals surface area contributed by atoms with Gasteiger partial charge in [0.15, 0.2) is 0 Å². The van der Waals surface area contributed by atoms with Crippen LogP contribution in [0, 0.1) is 0 Å². The van der Waals surface area contributed by atoms with Gasteiger partial charge in [0.1, 0.15) is 6.04 Å². The topological polar surface area (TPSA) is 86.6 Å². The van der Waals surface area contributed by atoms with E-state index >= 15 is 0 Å². The maximum absolute atomic E-state index is 10.8. The smallest absolute Gasteiger partial charge is 0.337 e. The molecular weight excluding hydrogens is 198 g/mol. The van der Waals surface area contributed by atoms with E-state index in [1.165, 1.54) is 19.1 Å². The van der Waals surface area contributed by atoms with E-state index in [1.807, 2.05) is 0 Å². The number of anilines is 1. The predicted molar refractivity (Wildman–Crippen MR) is 54.1 cm³/mol. The molecule has 0 amide bonds. The zero-order valence-corrected chi connectivity index (χ0v) is 8.10. The van der Waals surface area contributed by atoms with E-state index in [2.05, 4.69) is 5.32 Å². The zero-order valence-electron chi connectivity index (χ0n) is 8.10. The third-order valence-electron chi connectivity index (χ3n) is 1.90. The molecule has 0 aliphatic heterocycles. The summed E-state index contributed by atoms with van der Waals surface area (Å²) in [7, 11) is 0. The highest BCUT2D eigenvalue weighted by molar-refractivity contribution is 5.95. The average Bonchev–Trinajstić information content (AvgIpc) is 2.18. The minimum atomic E-state index is -1.09. The number of rotatable bonds is 4. The quantitative estimate of drug-likeness (QED) is 0.695. The highest BCUT2D eigenvalue weighted by Gasteiger charge is 2.14. The van der Waals surface area contributed by atoms with Crippen LogP contribution in [0.5, 0.6) is 0 Å². The molecule has 1 aromatic rings. The fourth-order valence-electron chi connectivity index (χ4n) is 1.09. The average molecular weight is 209 g/mol. The molecule has 0 radical (unpaired) electrons. The van der Waals surface area contributed by atoms with Gasteiger partial charge in [-0.05, 0) is 19.1 Å². The van der Waals surface area contributed by atoms with Crippen LogP contribution in [0.15, 0.2) is 24.3 Å². The van der Waals surface area contributed by atoms with Crippen molar-refractivity contribution in [3.05, 3.63) is 29.8 Å². The van der Waals surface area contributed by atoms with Gasteiger partial charge in [-0.2, -0.15) is 0 Å². The minimum absolute atomic E-state index is 0.0607. The number of nitrogens with one attached hydrogen (secondary N) is 1. The Kier molecular flexibility index (Phi) is 3.28. The highest BCUT2D eigenvalue weighted by atomic mass is 16.4. The Labute approximate surface area is 86.4 Å². The molecule has 80 valence electrons. The lowest BCUT2D eigenvalue weighted by Gasteiger charge is -2.12. The van der Waals surface area contributed by atoms with Gasteiger partial charge in [-0.25, -0.2) is 4.79 Å². The van der Waals surface area contributed by atoms with Crippen LogP contribution in [0.1, 0.15) is 17.3 Å². The van der Waals surface area contributed by atoms with Crippen LogP contribution in [0.2, 0.25) is 0 Å². The number of aromatic carboxylic acids is 1. The van der Waals surface area contributed by atoms with Gasteiger partial charge < -0.3 is 15.5 Å². The number of benzene rings is 1. The van der Waals surface area contributed by atoms with E-state index in [-0.39, 0.29) is 5.56 Å². The molecule has 1 aromatic carbocycles. The summed E-state index contributed by atoms with van der Waals surface area (Å²) in [4.78, 5) is 21.4. The number of carboxylic acid groups (broad SMARTS) is 2. The van der Waals surface area contributed by atoms with Gasteiger partial charge in [-0.1, -0.05) is 12.1 Å². The summed E-state index contributed by atoms with van der Waals surface area (Å²) in [5, 5.41) is 20.1. The molecule has 0 aromatic heterocycles. The van der Waals surface area contributed by atoms with Gasteiger partial charge in [-0.3, -0.25) is 4.79 Å². The fraction of sp³-hybridized carbons (Fsp3) is 0.200. The largest absolute Gasteiger partial charge is 0.480 e. The summed E-state index contributed by atoms with van der Waals surface area (Å²) in [5.41, 5.74) is 0.366. The molecule has 1 rings (SSSR count). The molecule has 0 saturated heterocycles. The first-order chi connectivity index (χ1) is 7.02. The SMILES string of the molecule is CC(Nc1ccccc1C(=O)O)C(=O)O. The summed E-state index contributed by atoms with van der Waals surface area (Å²) in [6.07, 6.45) is 0. The van der Waals surface area contributed by atoms with Gasteiger partial charge in [-0.15, -0.1) is 0 Å². The van der Waals surface area contributed by atoms with Gasteiger partial charge in [0.25, 0.3) is 0 Å². The summed E-state index contributed by atoms with van der Waals surface area (Å²) in [6, 6.07) is 5.34. The van der Waals surface area contributed by atoms with Crippen molar-refractivity contribution in [1.29, 1.82) is 0 Å². The number of hydrogen-bond acceptors (Lipinski definition) is 3. The Balaban J connectivity index is 2.94. The van der Waals surface area contributed by atoms with E-state index in [0.717, 1.165) is 0 Å². The first kappa shape index (κ1) is 11.0. The Hall–Kier alpha value is -2.04. The van der Waals surface area contributed by atoms with Crippen LogP contribution in [0.4, 0.5) is 5.69 Å². The lowest BCUT2D eigenvalue weighted by molar-refractivity contribution is -0.137. The zero-order chi connectivity index (χ0) is 11.4. The second-order valence-electron chi connectivity index (χ2n) is 3.05. The number of carbonyl (C=O) groups is 2. The number of hydrogen-bond donors (Lipinski definition) is 3. The normalized spacial score (nSPS) is 11.8. The van der Waals surface area contributed by atoms with Crippen LogP contribution >= 0.6 is 0 Å². The van der Waals surface area contributed by atoms with E-state index in [9.17, 15) is 9.59 Å². The molecule has 0 fully saturated rings. The third-order valence-corrected chi connectivity index (χ3v) is 1.90. The van der Waals surface area contributed by atoms with E-state index < -0.39 is 18.0 Å². The second kappa shape index (κ2) is 4.45. The van der Waals surface area contributed by atoms with Crippen molar-refractivity contribution in [3.8, 4) is 0 Å². The molecule has 0 spiro atoms. The third kappa shape index (κ3) is 2.70. The summed E-state index contributed by atoms with van der Waals surface area (Å²) in [5.74, 6) is -2.12. The molecule has 1 atom stereocenters. The van der Waals surface area contributed by atoms with Crippen LogP contribution in [0.3, 0.4) is 0 Å². The summed E-state index contributed by atoms with van der Waals surface area (Å²) >= 11 is 0. The number of para-hydroxylation sites is 1. The van der Waals surface area contributed by atoms with Gasteiger partial charge in [0.2, 0.25) is 0 Å². The van der Waals surface area contributed by atoms with Crippen molar-refractivity contribution in [1.82, 2.24) is 0 Å². The molecule has 0 aliphatic rings. The van der Waals surface area contributed by atoms with E-state index in [1.54, 1.807) is 12.1 Å². The monoisotopic (exact) mass is 209 g/mol. The summed E-state index contributed by atoms with van der Waals surface area (Å²) in [6.45, 7) is 1.45. The lowest BCUT2D eigenvalue weighted by atomic mass is 10.1. The number of aliphatic carboxylic acids is 1. The molecule has 1 unspecified atom stereocenters. The van der Waals surface area contributed by atoms with Crippen LogP contribution < -0.4 is 5.32 Å². The Morgan fingerprint density at radius 3 is 2.40 bits per heavy atom. The summed E-state index contributed by atoms with van der Waals surface area (Å²) < 4.78 is 0. The predicted octanol–water partition coefficient (Wildman–Crippen LogP) is 1.27. The van der Waals surface area contributed by atoms with E-state index in [0.29, 0.717) is 5.69 Å².